The molecule has 1 aromatic rings. The smallest absolute Gasteiger partial charge is 0.223 e. The number of hydrogen-bond donors (Lipinski definition) is 5. The quantitative estimate of drug-likeness (QED) is 0.438. The van der Waals surface area contributed by atoms with Gasteiger partial charge in [-0.2, -0.15) is 0 Å². The summed E-state index contributed by atoms with van der Waals surface area (Å²) in [6.07, 6.45) is -4.05. The van der Waals surface area contributed by atoms with Crippen molar-refractivity contribution in [1.29, 1.82) is 0 Å². The lowest BCUT2D eigenvalue weighted by molar-refractivity contribution is -0.244. The second kappa shape index (κ2) is 9.65. The average Bonchev–Trinajstić information content (AvgIpc) is 2.62. The SMILES string of the molecule is CCCC(=O)N[C@H]1C(Oc2ccc(NC(C)=O)cc2)O[C@H](CO)[C@@H](O)[C@@H]1O. The maximum atomic E-state index is 12.0. The van der Waals surface area contributed by atoms with Gasteiger partial charge in [-0.25, -0.2) is 0 Å². The van der Waals surface area contributed by atoms with Crippen molar-refractivity contribution >= 4 is 17.5 Å². The zero-order chi connectivity index (χ0) is 20.0. The first-order chi connectivity index (χ1) is 12.8. The summed E-state index contributed by atoms with van der Waals surface area (Å²) in [5.41, 5.74) is 0.580. The molecule has 9 nitrogen and oxygen atoms in total. The van der Waals surface area contributed by atoms with Gasteiger partial charge in [0, 0.05) is 19.0 Å². The summed E-state index contributed by atoms with van der Waals surface area (Å²) in [6, 6.07) is 5.41. The third-order valence-electron chi connectivity index (χ3n) is 4.11. The van der Waals surface area contributed by atoms with E-state index in [0.29, 0.717) is 17.9 Å². The minimum Gasteiger partial charge on any atom is -0.463 e. The van der Waals surface area contributed by atoms with E-state index < -0.39 is 37.3 Å². The Balaban J connectivity index is 2.15. The molecule has 5 N–H and O–H groups in total. The van der Waals surface area contributed by atoms with Gasteiger partial charge in [-0.1, -0.05) is 6.92 Å². The number of aliphatic hydroxyl groups is 3. The monoisotopic (exact) mass is 382 g/mol. The van der Waals surface area contributed by atoms with Crippen LogP contribution in [0.3, 0.4) is 0 Å². The van der Waals surface area contributed by atoms with Gasteiger partial charge in [0.15, 0.2) is 0 Å². The van der Waals surface area contributed by atoms with Gasteiger partial charge in [0.1, 0.15) is 30.1 Å². The molecule has 1 aliphatic rings. The Morgan fingerprint density at radius 3 is 2.41 bits per heavy atom. The first-order valence-corrected chi connectivity index (χ1v) is 8.81. The molecule has 0 radical (unpaired) electrons. The molecular formula is C18H26N2O7. The van der Waals surface area contributed by atoms with Crippen LogP contribution in [0.5, 0.6) is 5.75 Å². The van der Waals surface area contributed by atoms with Crippen LogP contribution < -0.4 is 15.4 Å². The predicted molar refractivity (Wildman–Crippen MR) is 96.0 cm³/mol. The highest BCUT2D eigenvalue weighted by atomic mass is 16.7. The first kappa shape index (κ1) is 21.1. The summed E-state index contributed by atoms with van der Waals surface area (Å²) in [6.45, 7) is 2.72. The van der Waals surface area contributed by atoms with Crippen molar-refractivity contribution in [2.45, 2.75) is 57.3 Å². The Morgan fingerprint density at radius 2 is 1.85 bits per heavy atom. The summed E-state index contributed by atoms with van der Waals surface area (Å²) in [5, 5.41) is 35.0. The second-order valence-electron chi connectivity index (χ2n) is 6.37. The van der Waals surface area contributed by atoms with Crippen molar-refractivity contribution in [2.24, 2.45) is 0 Å². The second-order valence-corrected chi connectivity index (χ2v) is 6.37. The van der Waals surface area contributed by atoms with E-state index in [9.17, 15) is 24.9 Å². The van der Waals surface area contributed by atoms with Gasteiger partial charge in [0.2, 0.25) is 18.1 Å². The molecule has 1 fully saturated rings. The number of carbonyl (C=O) groups is 2. The molecule has 1 unspecified atom stereocenters. The topological polar surface area (TPSA) is 137 Å². The molecule has 0 spiro atoms. The minimum atomic E-state index is -1.37. The van der Waals surface area contributed by atoms with E-state index in [1.807, 2.05) is 6.92 Å². The predicted octanol–water partition coefficient (Wildman–Crippen LogP) is -0.252. The number of ether oxygens (including phenoxy) is 2. The van der Waals surface area contributed by atoms with Crippen LogP contribution in [0.1, 0.15) is 26.7 Å². The summed E-state index contributed by atoms with van der Waals surface area (Å²) >= 11 is 0. The van der Waals surface area contributed by atoms with Crippen LogP contribution in [-0.2, 0) is 14.3 Å². The van der Waals surface area contributed by atoms with Gasteiger partial charge in [0.05, 0.1) is 6.61 Å². The first-order valence-electron chi connectivity index (χ1n) is 8.81. The van der Waals surface area contributed by atoms with Crippen LogP contribution >= 0.6 is 0 Å². The standard InChI is InChI=1S/C18H26N2O7/c1-3-4-14(23)20-15-17(25)16(24)13(9-21)27-18(15)26-12-7-5-11(6-8-12)19-10(2)22/h5-8,13,15-18,21,24-25H,3-4,9H2,1-2H3,(H,19,22)(H,20,23)/t13-,15-,16-,17-,18?/m1/s1. The number of benzene rings is 1. The number of amides is 2. The zero-order valence-electron chi connectivity index (χ0n) is 15.3. The van der Waals surface area contributed by atoms with Crippen LogP contribution in [0.2, 0.25) is 0 Å². The number of carbonyl (C=O) groups excluding carboxylic acids is 2. The van der Waals surface area contributed by atoms with Gasteiger partial charge in [-0.3, -0.25) is 9.59 Å². The van der Waals surface area contributed by atoms with Crippen molar-refractivity contribution in [2.75, 3.05) is 11.9 Å². The van der Waals surface area contributed by atoms with Crippen molar-refractivity contribution in [3.05, 3.63) is 24.3 Å². The maximum Gasteiger partial charge on any atom is 0.223 e. The molecule has 1 heterocycles. The van der Waals surface area contributed by atoms with Crippen molar-refractivity contribution < 1.29 is 34.4 Å². The Hall–Kier alpha value is -2.20. The van der Waals surface area contributed by atoms with Crippen LogP contribution in [-0.4, -0.2) is 64.4 Å². The van der Waals surface area contributed by atoms with Gasteiger partial charge in [0.25, 0.3) is 0 Å². The number of nitrogens with one attached hydrogen (secondary N) is 2. The molecule has 9 heteroatoms. The molecule has 1 aliphatic heterocycles. The number of hydrogen-bond acceptors (Lipinski definition) is 7. The van der Waals surface area contributed by atoms with Gasteiger partial charge in [-0.15, -0.1) is 0 Å². The fraction of sp³-hybridized carbons (Fsp3) is 0.556. The van der Waals surface area contributed by atoms with E-state index in [2.05, 4.69) is 10.6 Å². The van der Waals surface area contributed by atoms with E-state index in [1.54, 1.807) is 24.3 Å². The van der Waals surface area contributed by atoms with E-state index in [1.165, 1.54) is 6.92 Å². The van der Waals surface area contributed by atoms with E-state index >= 15 is 0 Å². The minimum absolute atomic E-state index is 0.208. The highest BCUT2D eigenvalue weighted by Gasteiger charge is 2.46. The Labute approximate surface area is 157 Å². The fourth-order valence-electron chi connectivity index (χ4n) is 2.78. The summed E-state index contributed by atoms with van der Waals surface area (Å²) in [4.78, 5) is 23.0. The average molecular weight is 382 g/mol. The van der Waals surface area contributed by atoms with E-state index in [4.69, 9.17) is 9.47 Å². The molecule has 27 heavy (non-hydrogen) atoms. The number of rotatable bonds is 7. The lowest BCUT2D eigenvalue weighted by Gasteiger charge is -2.42. The number of aliphatic hydroxyl groups excluding tert-OH is 3. The van der Waals surface area contributed by atoms with E-state index in [-0.39, 0.29) is 18.2 Å². The highest BCUT2D eigenvalue weighted by Crippen LogP contribution is 2.25. The van der Waals surface area contributed by atoms with Crippen molar-refractivity contribution in [3.8, 4) is 5.75 Å². The molecular weight excluding hydrogens is 356 g/mol. The van der Waals surface area contributed by atoms with E-state index in [0.717, 1.165) is 0 Å². The molecule has 0 aliphatic carbocycles. The van der Waals surface area contributed by atoms with Gasteiger partial charge < -0.3 is 35.4 Å². The summed E-state index contributed by atoms with van der Waals surface area (Å²) in [5.74, 6) is -0.153. The van der Waals surface area contributed by atoms with Gasteiger partial charge >= 0.3 is 0 Å². The van der Waals surface area contributed by atoms with Crippen LogP contribution in [0.15, 0.2) is 24.3 Å². The molecule has 150 valence electrons. The van der Waals surface area contributed by atoms with Crippen molar-refractivity contribution in [3.63, 3.8) is 0 Å². The summed E-state index contributed by atoms with van der Waals surface area (Å²) < 4.78 is 11.3. The fourth-order valence-corrected chi connectivity index (χ4v) is 2.78. The highest BCUT2D eigenvalue weighted by molar-refractivity contribution is 5.88. The normalized spacial score (nSPS) is 27.7. The number of anilines is 1. The summed E-state index contributed by atoms with van der Waals surface area (Å²) in [7, 11) is 0. The van der Waals surface area contributed by atoms with Gasteiger partial charge in [-0.05, 0) is 30.7 Å². The zero-order valence-corrected chi connectivity index (χ0v) is 15.3. The Kier molecular flexibility index (Phi) is 7.55. The molecule has 2 amide bonds. The Morgan fingerprint density at radius 1 is 1.19 bits per heavy atom. The molecule has 5 atom stereocenters. The van der Waals surface area contributed by atoms with Crippen LogP contribution in [0, 0.1) is 0 Å². The maximum absolute atomic E-state index is 12.0. The lowest BCUT2D eigenvalue weighted by atomic mass is 9.96. The lowest BCUT2D eigenvalue weighted by Crippen LogP contribution is -2.65. The molecule has 2 rings (SSSR count). The third-order valence-corrected chi connectivity index (χ3v) is 4.11. The Bertz CT molecular complexity index is 637. The molecule has 1 saturated heterocycles. The molecule has 0 aromatic heterocycles. The van der Waals surface area contributed by atoms with Crippen LogP contribution in [0.4, 0.5) is 5.69 Å². The molecule has 0 bridgehead atoms. The molecule has 1 aromatic carbocycles. The largest absolute Gasteiger partial charge is 0.463 e. The van der Waals surface area contributed by atoms with Crippen molar-refractivity contribution in [1.82, 2.24) is 5.32 Å². The van der Waals surface area contributed by atoms with Crippen LogP contribution in [0.25, 0.3) is 0 Å². The molecule has 0 saturated carbocycles. The third kappa shape index (κ3) is 5.64.